The molecule has 1 fully saturated rings. The van der Waals surface area contributed by atoms with Gasteiger partial charge in [-0.2, -0.15) is 0 Å². The van der Waals surface area contributed by atoms with E-state index in [2.05, 4.69) is 0 Å². The zero-order valence-corrected chi connectivity index (χ0v) is 12.0. The van der Waals surface area contributed by atoms with Crippen molar-refractivity contribution < 1.29 is 23.3 Å². The molecule has 1 aromatic carbocycles. The molecule has 1 aliphatic heterocycles. The summed E-state index contributed by atoms with van der Waals surface area (Å²) in [5.74, 6) is -1.35. The normalized spacial score (nSPS) is 18.0. The van der Waals surface area contributed by atoms with Gasteiger partial charge >= 0.3 is 5.88 Å². The first-order chi connectivity index (χ1) is 11.0. The molecule has 0 saturated carbocycles. The van der Waals surface area contributed by atoms with E-state index in [9.17, 15) is 19.3 Å². The van der Waals surface area contributed by atoms with Gasteiger partial charge in [-0.05, 0) is 23.8 Å². The van der Waals surface area contributed by atoms with Crippen molar-refractivity contribution in [2.75, 3.05) is 19.7 Å². The van der Waals surface area contributed by atoms with E-state index in [4.69, 9.17) is 9.15 Å². The number of benzene rings is 1. The number of rotatable bonds is 3. The number of nitrogens with zero attached hydrogens (tertiary/aromatic N) is 2. The fourth-order valence-corrected chi connectivity index (χ4v) is 2.41. The molecule has 1 aromatic heterocycles. The maximum Gasteiger partial charge on any atom is 0.433 e. The summed E-state index contributed by atoms with van der Waals surface area (Å²) in [5.41, 5.74) is 0.759. The third kappa shape index (κ3) is 3.21. The van der Waals surface area contributed by atoms with Crippen molar-refractivity contribution in [3.63, 3.8) is 0 Å². The molecule has 0 radical (unpaired) electrons. The minimum atomic E-state index is -0.697. The molecule has 0 bridgehead atoms. The second-order valence-corrected chi connectivity index (χ2v) is 5.06. The van der Waals surface area contributed by atoms with Crippen molar-refractivity contribution in [2.45, 2.75) is 6.10 Å². The maximum absolute atomic E-state index is 13.0. The van der Waals surface area contributed by atoms with Crippen molar-refractivity contribution in [3.8, 4) is 0 Å². The van der Waals surface area contributed by atoms with Gasteiger partial charge < -0.3 is 14.1 Å². The first-order valence-corrected chi connectivity index (χ1v) is 6.95. The van der Waals surface area contributed by atoms with Crippen LogP contribution in [-0.2, 0) is 4.74 Å². The summed E-state index contributed by atoms with van der Waals surface area (Å²) in [6.07, 6.45) is -0.377. The second kappa shape index (κ2) is 6.17. The molecule has 7 nitrogen and oxygen atoms in total. The molecule has 3 rings (SSSR count). The van der Waals surface area contributed by atoms with Crippen molar-refractivity contribution in [2.24, 2.45) is 0 Å². The van der Waals surface area contributed by atoms with Gasteiger partial charge in [0.25, 0.3) is 5.91 Å². The van der Waals surface area contributed by atoms with Crippen molar-refractivity contribution in [3.05, 3.63) is 63.7 Å². The summed E-state index contributed by atoms with van der Waals surface area (Å²) in [7, 11) is 0. The van der Waals surface area contributed by atoms with Gasteiger partial charge in [0.2, 0.25) is 0 Å². The Balaban J connectivity index is 1.73. The Morgan fingerprint density at radius 3 is 2.65 bits per heavy atom. The van der Waals surface area contributed by atoms with Gasteiger partial charge in [0, 0.05) is 6.54 Å². The van der Waals surface area contributed by atoms with Gasteiger partial charge in [0.05, 0.1) is 19.2 Å². The van der Waals surface area contributed by atoms with Gasteiger partial charge in [-0.1, -0.05) is 12.1 Å². The number of halogens is 1. The monoisotopic (exact) mass is 320 g/mol. The molecule has 0 N–H and O–H groups in total. The second-order valence-electron chi connectivity index (χ2n) is 5.06. The highest BCUT2D eigenvalue weighted by atomic mass is 19.1. The average Bonchev–Trinajstić information content (AvgIpc) is 3.05. The fourth-order valence-electron chi connectivity index (χ4n) is 2.41. The lowest BCUT2D eigenvalue weighted by molar-refractivity contribution is -0.402. The summed E-state index contributed by atoms with van der Waals surface area (Å²) in [5, 5.41) is 10.6. The van der Waals surface area contributed by atoms with E-state index in [0.717, 1.165) is 11.6 Å². The number of hydrogen-bond donors (Lipinski definition) is 0. The van der Waals surface area contributed by atoms with Gasteiger partial charge in [-0.3, -0.25) is 14.9 Å². The van der Waals surface area contributed by atoms with Crippen LogP contribution < -0.4 is 0 Å². The first-order valence-electron chi connectivity index (χ1n) is 6.95. The minimum Gasteiger partial charge on any atom is -0.395 e. The highest BCUT2D eigenvalue weighted by Gasteiger charge is 2.28. The van der Waals surface area contributed by atoms with Crippen LogP contribution in [0.1, 0.15) is 22.2 Å². The van der Waals surface area contributed by atoms with Crippen LogP contribution in [0.15, 0.2) is 40.8 Å². The highest BCUT2D eigenvalue weighted by molar-refractivity contribution is 5.91. The van der Waals surface area contributed by atoms with Crippen LogP contribution in [0.25, 0.3) is 0 Å². The highest BCUT2D eigenvalue weighted by Crippen LogP contribution is 2.24. The Morgan fingerprint density at radius 1 is 1.26 bits per heavy atom. The molecule has 0 aliphatic carbocycles. The zero-order chi connectivity index (χ0) is 16.4. The molecular formula is C15H13FN2O5. The Hall–Kier alpha value is -2.74. The van der Waals surface area contributed by atoms with E-state index in [1.54, 1.807) is 12.1 Å². The van der Waals surface area contributed by atoms with Crippen LogP contribution in [0, 0.1) is 15.9 Å². The summed E-state index contributed by atoms with van der Waals surface area (Å²) >= 11 is 0. The standard InChI is InChI=1S/C15H13FN2O5/c16-11-3-1-10(2-4-11)13-9-17(7-8-22-13)15(19)12-5-6-14(23-12)18(20)21/h1-6,13H,7-9H2. The van der Waals surface area contributed by atoms with Gasteiger partial charge in [-0.15, -0.1) is 0 Å². The molecule has 0 spiro atoms. The quantitative estimate of drug-likeness (QED) is 0.641. The lowest BCUT2D eigenvalue weighted by Gasteiger charge is -2.32. The van der Waals surface area contributed by atoms with Crippen LogP contribution in [0.5, 0.6) is 0 Å². The topological polar surface area (TPSA) is 85.8 Å². The van der Waals surface area contributed by atoms with Crippen molar-refractivity contribution in [1.82, 2.24) is 4.90 Å². The van der Waals surface area contributed by atoms with Gasteiger partial charge in [0.15, 0.2) is 5.76 Å². The molecule has 120 valence electrons. The number of amides is 1. The zero-order valence-electron chi connectivity index (χ0n) is 12.0. The average molecular weight is 320 g/mol. The van der Waals surface area contributed by atoms with E-state index in [-0.39, 0.29) is 24.2 Å². The molecule has 2 heterocycles. The summed E-state index contributed by atoms with van der Waals surface area (Å²) in [4.78, 5) is 23.8. The van der Waals surface area contributed by atoms with Crippen LogP contribution in [0.4, 0.5) is 10.3 Å². The Bertz CT molecular complexity index is 728. The van der Waals surface area contributed by atoms with E-state index in [1.165, 1.54) is 23.1 Å². The van der Waals surface area contributed by atoms with Gasteiger partial charge in [-0.25, -0.2) is 4.39 Å². The van der Waals surface area contributed by atoms with E-state index in [1.807, 2.05) is 0 Å². The molecular weight excluding hydrogens is 307 g/mol. The van der Waals surface area contributed by atoms with Crippen molar-refractivity contribution in [1.29, 1.82) is 0 Å². The lowest BCUT2D eigenvalue weighted by atomic mass is 10.1. The van der Waals surface area contributed by atoms with Crippen LogP contribution in [-0.4, -0.2) is 35.4 Å². The van der Waals surface area contributed by atoms with Gasteiger partial charge in [0.1, 0.15) is 16.8 Å². The molecule has 8 heteroatoms. The van der Waals surface area contributed by atoms with E-state index < -0.39 is 16.7 Å². The van der Waals surface area contributed by atoms with E-state index >= 15 is 0 Å². The van der Waals surface area contributed by atoms with Crippen molar-refractivity contribution >= 4 is 11.8 Å². The number of furan rings is 1. The number of ether oxygens (including phenoxy) is 1. The van der Waals surface area contributed by atoms with Crippen LogP contribution in [0.3, 0.4) is 0 Å². The Morgan fingerprint density at radius 2 is 2.00 bits per heavy atom. The third-order valence-electron chi connectivity index (χ3n) is 3.58. The molecule has 1 atom stereocenters. The molecule has 1 unspecified atom stereocenters. The first kappa shape index (κ1) is 15.2. The van der Waals surface area contributed by atoms with Crippen LogP contribution >= 0.6 is 0 Å². The molecule has 1 saturated heterocycles. The Labute approximate surface area is 130 Å². The predicted octanol–water partition coefficient (Wildman–Crippen LogP) is 2.54. The summed E-state index contributed by atoms with van der Waals surface area (Å²) < 4.78 is 23.5. The number of nitro groups is 1. The molecule has 23 heavy (non-hydrogen) atoms. The number of carbonyl (C=O) groups is 1. The fraction of sp³-hybridized carbons (Fsp3) is 0.267. The molecule has 1 aliphatic rings. The number of hydrogen-bond acceptors (Lipinski definition) is 5. The summed E-state index contributed by atoms with van der Waals surface area (Å²) in [6, 6.07) is 8.29. The number of morpholine rings is 1. The third-order valence-corrected chi connectivity index (χ3v) is 3.58. The SMILES string of the molecule is O=C(c1ccc([N+](=O)[O-])o1)N1CCOC(c2ccc(F)cc2)C1. The molecule has 2 aromatic rings. The largest absolute Gasteiger partial charge is 0.433 e. The smallest absolute Gasteiger partial charge is 0.395 e. The molecule has 1 amide bonds. The predicted molar refractivity (Wildman–Crippen MR) is 76.4 cm³/mol. The lowest BCUT2D eigenvalue weighted by Crippen LogP contribution is -2.42. The number of carbonyl (C=O) groups excluding carboxylic acids is 1. The summed E-state index contributed by atoms with van der Waals surface area (Å²) in [6.45, 7) is 0.931. The van der Waals surface area contributed by atoms with E-state index in [0.29, 0.717) is 13.2 Å². The Kier molecular flexibility index (Phi) is 4.07. The maximum atomic E-state index is 13.0. The van der Waals surface area contributed by atoms with Crippen LogP contribution in [0.2, 0.25) is 0 Å². The minimum absolute atomic E-state index is 0.0866.